The minimum Gasteiger partial charge on any atom is -0.396 e. The van der Waals surface area contributed by atoms with Gasteiger partial charge in [0.05, 0.1) is 0 Å². The molecule has 0 aromatic rings. The van der Waals surface area contributed by atoms with Gasteiger partial charge in [-0.15, -0.1) is 0 Å². The molecule has 2 fully saturated rings. The van der Waals surface area contributed by atoms with Gasteiger partial charge in [0.25, 0.3) is 0 Å². The van der Waals surface area contributed by atoms with Crippen molar-refractivity contribution < 1.29 is 5.11 Å². The van der Waals surface area contributed by atoms with E-state index >= 15 is 0 Å². The Morgan fingerprint density at radius 2 is 1.65 bits per heavy atom. The van der Waals surface area contributed by atoms with Gasteiger partial charge in [-0.25, -0.2) is 0 Å². The molecule has 1 unspecified atom stereocenters. The molecule has 0 aromatic carbocycles. The lowest BCUT2D eigenvalue weighted by Crippen LogP contribution is -2.46. The Hall–Kier alpha value is -0.0800. The van der Waals surface area contributed by atoms with Crippen molar-refractivity contribution in [1.29, 1.82) is 0 Å². The van der Waals surface area contributed by atoms with Gasteiger partial charge < -0.3 is 10.8 Å². The predicted octanol–water partition coefficient (Wildman–Crippen LogP) is 3.23. The van der Waals surface area contributed by atoms with Crippen LogP contribution in [0.15, 0.2) is 0 Å². The standard InChI is InChI=1S/C15H29NO/c1-2-13(16)15(11-12-17)9-7-14(8-10-15)5-3-4-6-14/h13,17H,2-12,16H2,1H3. The smallest absolute Gasteiger partial charge is 0.0436 e. The van der Waals surface area contributed by atoms with E-state index in [0.29, 0.717) is 12.0 Å². The lowest BCUT2D eigenvalue weighted by atomic mass is 9.59. The Morgan fingerprint density at radius 1 is 1.06 bits per heavy atom. The zero-order valence-electron chi connectivity index (χ0n) is 11.4. The summed E-state index contributed by atoms with van der Waals surface area (Å²) in [5, 5.41) is 9.33. The van der Waals surface area contributed by atoms with Gasteiger partial charge >= 0.3 is 0 Å². The minimum absolute atomic E-state index is 0.247. The molecule has 0 amide bonds. The topological polar surface area (TPSA) is 46.2 Å². The van der Waals surface area contributed by atoms with Crippen LogP contribution in [0.2, 0.25) is 0 Å². The molecular formula is C15H29NO. The average molecular weight is 239 g/mol. The maximum atomic E-state index is 9.33. The summed E-state index contributed by atoms with van der Waals surface area (Å²) in [5.41, 5.74) is 7.27. The van der Waals surface area contributed by atoms with Crippen molar-refractivity contribution in [2.24, 2.45) is 16.6 Å². The van der Waals surface area contributed by atoms with Crippen molar-refractivity contribution in [1.82, 2.24) is 0 Å². The van der Waals surface area contributed by atoms with Gasteiger partial charge in [0.2, 0.25) is 0 Å². The van der Waals surface area contributed by atoms with Gasteiger partial charge in [0.15, 0.2) is 0 Å². The van der Waals surface area contributed by atoms with Crippen LogP contribution in [-0.4, -0.2) is 17.8 Å². The summed E-state index contributed by atoms with van der Waals surface area (Å²) in [4.78, 5) is 0. The normalized spacial score (nSPS) is 28.4. The van der Waals surface area contributed by atoms with Crippen molar-refractivity contribution in [3.8, 4) is 0 Å². The second kappa shape index (κ2) is 5.27. The van der Waals surface area contributed by atoms with Crippen molar-refractivity contribution in [2.75, 3.05) is 6.61 Å². The molecule has 17 heavy (non-hydrogen) atoms. The molecule has 3 N–H and O–H groups in total. The van der Waals surface area contributed by atoms with Crippen LogP contribution in [0.1, 0.15) is 71.1 Å². The van der Waals surface area contributed by atoms with Crippen molar-refractivity contribution in [2.45, 2.75) is 77.2 Å². The summed E-state index contributed by atoms with van der Waals surface area (Å²) >= 11 is 0. The highest BCUT2D eigenvalue weighted by Crippen LogP contribution is 2.55. The molecular weight excluding hydrogens is 210 g/mol. The van der Waals surface area contributed by atoms with Crippen LogP contribution in [0.5, 0.6) is 0 Å². The van der Waals surface area contributed by atoms with E-state index in [1.807, 2.05) is 0 Å². The summed E-state index contributed by atoms with van der Waals surface area (Å²) in [6, 6.07) is 0.286. The Kier molecular flexibility index (Phi) is 4.14. The quantitative estimate of drug-likeness (QED) is 0.791. The highest BCUT2D eigenvalue weighted by atomic mass is 16.3. The molecule has 0 heterocycles. The predicted molar refractivity (Wildman–Crippen MR) is 71.8 cm³/mol. The lowest BCUT2D eigenvalue weighted by molar-refractivity contribution is 0.0356. The molecule has 0 bridgehead atoms. The van der Waals surface area contributed by atoms with E-state index in [-0.39, 0.29) is 11.5 Å². The third-order valence-electron chi connectivity index (χ3n) is 5.81. The van der Waals surface area contributed by atoms with E-state index in [0.717, 1.165) is 12.8 Å². The summed E-state index contributed by atoms with van der Waals surface area (Å²) in [7, 11) is 0. The first-order chi connectivity index (χ1) is 8.16. The Bertz CT molecular complexity index is 235. The molecule has 2 rings (SSSR count). The van der Waals surface area contributed by atoms with Crippen LogP contribution in [0.25, 0.3) is 0 Å². The van der Waals surface area contributed by atoms with Gasteiger partial charge in [0.1, 0.15) is 0 Å². The van der Waals surface area contributed by atoms with Gasteiger partial charge in [0, 0.05) is 12.6 Å². The number of aliphatic hydroxyl groups excluding tert-OH is 1. The fourth-order valence-electron chi connectivity index (χ4n) is 4.37. The molecule has 2 saturated carbocycles. The van der Waals surface area contributed by atoms with E-state index in [4.69, 9.17) is 5.73 Å². The second-order valence-electron chi connectivity index (χ2n) is 6.56. The lowest BCUT2D eigenvalue weighted by Gasteiger charge is -2.48. The third-order valence-corrected chi connectivity index (χ3v) is 5.81. The summed E-state index contributed by atoms with van der Waals surface area (Å²) < 4.78 is 0. The zero-order valence-corrected chi connectivity index (χ0v) is 11.4. The van der Waals surface area contributed by atoms with Gasteiger partial charge in [-0.3, -0.25) is 0 Å². The van der Waals surface area contributed by atoms with E-state index in [1.54, 1.807) is 0 Å². The first-order valence-corrected chi connectivity index (χ1v) is 7.53. The maximum absolute atomic E-state index is 9.33. The maximum Gasteiger partial charge on any atom is 0.0436 e. The highest BCUT2D eigenvalue weighted by molar-refractivity contribution is 4.98. The molecule has 100 valence electrons. The van der Waals surface area contributed by atoms with Gasteiger partial charge in [-0.2, -0.15) is 0 Å². The Balaban J connectivity index is 2.01. The second-order valence-corrected chi connectivity index (χ2v) is 6.56. The minimum atomic E-state index is 0.247. The van der Waals surface area contributed by atoms with E-state index in [2.05, 4.69) is 6.92 Å². The Labute approximate surface area is 106 Å². The van der Waals surface area contributed by atoms with Crippen molar-refractivity contribution in [3.63, 3.8) is 0 Å². The number of nitrogens with two attached hydrogens (primary N) is 1. The molecule has 2 aliphatic carbocycles. The molecule has 2 aliphatic rings. The Morgan fingerprint density at radius 3 is 2.12 bits per heavy atom. The summed E-state index contributed by atoms with van der Waals surface area (Å²) in [6.07, 6.45) is 13.0. The van der Waals surface area contributed by atoms with Gasteiger partial charge in [-0.1, -0.05) is 19.8 Å². The van der Waals surface area contributed by atoms with E-state index < -0.39 is 0 Å². The molecule has 0 aliphatic heterocycles. The third kappa shape index (κ3) is 2.53. The van der Waals surface area contributed by atoms with Crippen molar-refractivity contribution in [3.05, 3.63) is 0 Å². The number of rotatable bonds is 4. The van der Waals surface area contributed by atoms with Crippen LogP contribution in [0.3, 0.4) is 0 Å². The molecule has 0 aromatic heterocycles. The van der Waals surface area contributed by atoms with Crippen LogP contribution < -0.4 is 5.73 Å². The monoisotopic (exact) mass is 239 g/mol. The SMILES string of the molecule is CCC(N)C1(CCO)CCC2(CCCC2)CC1. The average Bonchev–Trinajstić information content (AvgIpc) is 2.81. The van der Waals surface area contributed by atoms with Crippen molar-refractivity contribution >= 4 is 0 Å². The summed E-state index contributed by atoms with van der Waals surface area (Å²) in [5.74, 6) is 0. The van der Waals surface area contributed by atoms with Crippen LogP contribution in [0, 0.1) is 10.8 Å². The first-order valence-electron chi connectivity index (χ1n) is 7.53. The fourth-order valence-corrected chi connectivity index (χ4v) is 4.37. The largest absolute Gasteiger partial charge is 0.396 e. The molecule has 2 nitrogen and oxygen atoms in total. The first kappa shape index (κ1) is 13.4. The number of hydrogen-bond acceptors (Lipinski definition) is 2. The van der Waals surface area contributed by atoms with E-state index in [9.17, 15) is 5.11 Å². The molecule has 1 atom stereocenters. The molecule has 2 heteroatoms. The molecule has 0 radical (unpaired) electrons. The molecule has 1 spiro atoms. The van der Waals surface area contributed by atoms with Crippen LogP contribution in [0.4, 0.5) is 0 Å². The van der Waals surface area contributed by atoms with E-state index in [1.165, 1.54) is 51.4 Å². The van der Waals surface area contributed by atoms with Crippen LogP contribution in [-0.2, 0) is 0 Å². The summed E-state index contributed by atoms with van der Waals surface area (Å²) in [6.45, 7) is 2.49. The zero-order chi connectivity index (χ0) is 12.4. The highest BCUT2D eigenvalue weighted by Gasteiger charge is 2.45. The van der Waals surface area contributed by atoms with Crippen LogP contribution >= 0.6 is 0 Å². The number of hydrogen-bond donors (Lipinski definition) is 2. The fraction of sp³-hybridized carbons (Fsp3) is 1.00. The molecule has 0 saturated heterocycles. The van der Waals surface area contributed by atoms with Gasteiger partial charge in [-0.05, 0) is 62.2 Å². The number of aliphatic hydroxyl groups is 1.